The lowest BCUT2D eigenvalue weighted by molar-refractivity contribution is 0.0697. The molecule has 0 amide bonds. The zero-order valence-electron chi connectivity index (χ0n) is 11.3. The van der Waals surface area contributed by atoms with Gasteiger partial charge in [0.2, 0.25) is 0 Å². The molecule has 0 fully saturated rings. The largest absolute Gasteiger partial charge is 0.478 e. The number of nitrogens with zero attached hydrogens (tertiary/aromatic N) is 2. The zero-order valence-corrected chi connectivity index (χ0v) is 11.3. The highest BCUT2D eigenvalue weighted by molar-refractivity contribution is 5.88. The molecule has 4 nitrogen and oxygen atoms in total. The Morgan fingerprint density at radius 2 is 1.85 bits per heavy atom. The molecule has 0 unspecified atom stereocenters. The maximum atomic E-state index is 10.8. The van der Waals surface area contributed by atoms with E-state index in [0.29, 0.717) is 5.56 Å². The second-order valence-corrected chi connectivity index (χ2v) is 4.54. The molecule has 20 heavy (non-hydrogen) atoms. The van der Waals surface area contributed by atoms with Crippen molar-refractivity contribution in [2.24, 2.45) is 0 Å². The van der Waals surface area contributed by atoms with Gasteiger partial charge >= 0.3 is 5.97 Å². The lowest BCUT2D eigenvalue weighted by Gasteiger charge is -2.21. The van der Waals surface area contributed by atoms with Gasteiger partial charge in [0, 0.05) is 12.7 Å². The molecular weight excluding hydrogens is 252 g/mol. The molecule has 0 saturated heterocycles. The molecule has 2 aromatic rings. The summed E-state index contributed by atoms with van der Waals surface area (Å²) in [4.78, 5) is 12.7. The van der Waals surface area contributed by atoms with Crippen LogP contribution in [-0.2, 0) is 0 Å². The minimum Gasteiger partial charge on any atom is -0.478 e. The van der Waals surface area contributed by atoms with Crippen molar-refractivity contribution in [3.63, 3.8) is 0 Å². The van der Waals surface area contributed by atoms with Gasteiger partial charge in [-0.2, -0.15) is 5.26 Å². The van der Waals surface area contributed by atoms with Crippen molar-refractivity contribution in [1.82, 2.24) is 0 Å². The number of carboxylic acid groups (broad SMARTS) is 1. The molecule has 0 saturated carbocycles. The van der Waals surface area contributed by atoms with Gasteiger partial charge in [0.15, 0.2) is 0 Å². The topological polar surface area (TPSA) is 64.3 Å². The van der Waals surface area contributed by atoms with Crippen LogP contribution in [0.3, 0.4) is 0 Å². The van der Waals surface area contributed by atoms with Crippen LogP contribution in [-0.4, -0.2) is 18.1 Å². The monoisotopic (exact) mass is 266 g/mol. The normalized spacial score (nSPS) is 9.85. The van der Waals surface area contributed by atoms with E-state index in [1.54, 1.807) is 30.3 Å². The highest BCUT2D eigenvalue weighted by Gasteiger charge is 2.10. The van der Waals surface area contributed by atoms with Crippen molar-refractivity contribution in [3.8, 4) is 6.07 Å². The van der Waals surface area contributed by atoms with E-state index in [1.807, 2.05) is 31.0 Å². The average molecular weight is 266 g/mol. The maximum absolute atomic E-state index is 10.8. The molecule has 2 rings (SSSR count). The standard InChI is InChI=1S/C16H14N2O2/c1-11-3-4-13(10-17)15(9-11)18(2)14-7-5-12(6-8-14)16(19)20/h3-9H,1-2H3,(H,19,20). The molecule has 0 aliphatic heterocycles. The van der Waals surface area contributed by atoms with Crippen molar-refractivity contribution in [2.45, 2.75) is 6.92 Å². The third kappa shape index (κ3) is 2.62. The maximum Gasteiger partial charge on any atom is 0.335 e. The molecule has 0 spiro atoms. The molecular formula is C16H14N2O2. The number of hydrogen-bond acceptors (Lipinski definition) is 3. The fraction of sp³-hybridized carbons (Fsp3) is 0.125. The fourth-order valence-electron chi connectivity index (χ4n) is 1.98. The third-order valence-corrected chi connectivity index (χ3v) is 3.14. The second-order valence-electron chi connectivity index (χ2n) is 4.54. The molecule has 0 atom stereocenters. The van der Waals surface area contributed by atoms with Gasteiger partial charge in [0.1, 0.15) is 6.07 Å². The third-order valence-electron chi connectivity index (χ3n) is 3.14. The van der Waals surface area contributed by atoms with E-state index < -0.39 is 5.97 Å². The summed E-state index contributed by atoms with van der Waals surface area (Å²) >= 11 is 0. The van der Waals surface area contributed by atoms with Gasteiger partial charge in [0.05, 0.1) is 16.8 Å². The van der Waals surface area contributed by atoms with Crippen LogP contribution in [0.5, 0.6) is 0 Å². The Balaban J connectivity index is 2.41. The van der Waals surface area contributed by atoms with Crippen LogP contribution in [0.1, 0.15) is 21.5 Å². The van der Waals surface area contributed by atoms with Gasteiger partial charge in [-0.1, -0.05) is 6.07 Å². The van der Waals surface area contributed by atoms with Gasteiger partial charge in [0.25, 0.3) is 0 Å². The first-order valence-corrected chi connectivity index (χ1v) is 6.11. The number of nitriles is 1. The smallest absolute Gasteiger partial charge is 0.335 e. The molecule has 4 heteroatoms. The van der Waals surface area contributed by atoms with Crippen LogP contribution < -0.4 is 4.90 Å². The Morgan fingerprint density at radius 3 is 2.40 bits per heavy atom. The number of anilines is 2. The summed E-state index contributed by atoms with van der Waals surface area (Å²) < 4.78 is 0. The van der Waals surface area contributed by atoms with Crippen molar-refractivity contribution in [3.05, 3.63) is 59.2 Å². The summed E-state index contributed by atoms with van der Waals surface area (Å²) in [7, 11) is 1.85. The summed E-state index contributed by atoms with van der Waals surface area (Å²) in [5.41, 5.74) is 3.52. The van der Waals surface area contributed by atoms with Crippen LogP contribution >= 0.6 is 0 Å². The first kappa shape index (κ1) is 13.6. The number of rotatable bonds is 3. The summed E-state index contributed by atoms with van der Waals surface area (Å²) in [5, 5.41) is 18.1. The van der Waals surface area contributed by atoms with Gasteiger partial charge in [-0.05, 0) is 48.9 Å². The van der Waals surface area contributed by atoms with E-state index in [2.05, 4.69) is 6.07 Å². The van der Waals surface area contributed by atoms with Crippen molar-refractivity contribution in [2.75, 3.05) is 11.9 Å². The van der Waals surface area contributed by atoms with Crippen molar-refractivity contribution >= 4 is 17.3 Å². The van der Waals surface area contributed by atoms with Gasteiger partial charge < -0.3 is 10.0 Å². The van der Waals surface area contributed by atoms with E-state index in [9.17, 15) is 4.79 Å². The molecule has 0 aliphatic carbocycles. The molecule has 0 aliphatic rings. The summed E-state index contributed by atoms with van der Waals surface area (Å²) in [5.74, 6) is -0.951. The number of carboxylic acids is 1. The number of hydrogen-bond donors (Lipinski definition) is 1. The van der Waals surface area contributed by atoms with E-state index in [0.717, 1.165) is 16.9 Å². The van der Waals surface area contributed by atoms with Crippen LogP contribution in [0.15, 0.2) is 42.5 Å². The Labute approximate surface area is 117 Å². The minimum absolute atomic E-state index is 0.242. The summed E-state index contributed by atoms with van der Waals surface area (Å²) in [6.45, 7) is 1.96. The first-order valence-electron chi connectivity index (χ1n) is 6.11. The van der Waals surface area contributed by atoms with Crippen molar-refractivity contribution in [1.29, 1.82) is 5.26 Å². The highest BCUT2D eigenvalue weighted by Crippen LogP contribution is 2.27. The van der Waals surface area contributed by atoms with E-state index in [-0.39, 0.29) is 5.56 Å². The number of aromatic carboxylic acids is 1. The van der Waals surface area contributed by atoms with E-state index in [4.69, 9.17) is 10.4 Å². The molecule has 0 radical (unpaired) electrons. The summed E-state index contributed by atoms with van der Waals surface area (Å²) in [6.07, 6.45) is 0. The Hall–Kier alpha value is -2.80. The first-order chi connectivity index (χ1) is 9.52. The van der Waals surface area contributed by atoms with E-state index in [1.165, 1.54) is 0 Å². The Bertz CT molecular complexity index is 685. The summed E-state index contributed by atoms with van der Waals surface area (Å²) in [6, 6.07) is 14.3. The highest BCUT2D eigenvalue weighted by atomic mass is 16.4. The zero-order chi connectivity index (χ0) is 14.7. The predicted octanol–water partition coefficient (Wildman–Crippen LogP) is 3.33. The Kier molecular flexibility index (Phi) is 3.72. The quantitative estimate of drug-likeness (QED) is 0.925. The fourth-order valence-corrected chi connectivity index (χ4v) is 1.98. The number of aryl methyl sites for hydroxylation is 1. The van der Waals surface area contributed by atoms with E-state index >= 15 is 0 Å². The molecule has 0 bridgehead atoms. The second kappa shape index (κ2) is 5.45. The Morgan fingerprint density at radius 1 is 1.20 bits per heavy atom. The molecule has 0 heterocycles. The van der Waals surface area contributed by atoms with Crippen LogP contribution in [0.4, 0.5) is 11.4 Å². The van der Waals surface area contributed by atoms with Crippen molar-refractivity contribution < 1.29 is 9.90 Å². The van der Waals surface area contributed by atoms with Gasteiger partial charge in [-0.3, -0.25) is 0 Å². The van der Waals surface area contributed by atoms with Gasteiger partial charge in [-0.25, -0.2) is 4.79 Å². The molecule has 1 N–H and O–H groups in total. The molecule has 2 aromatic carbocycles. The van der Waals surface area contributed by atoms with Crippen LogP contribution in [0.2, 0.25) is 0 Å². The average Bonchev–Trinajstić information content (AvgIpc) is 2.46. The predicted molar refractivity (Wildman–Crippen MR) is 77.4 cm³/mol. The number of carbonyl (C=O) groups is 1. The SMILES string of the molecule is Cc1ccc(C#N)c(N(C)c2ccc(C(=O)O)cc2)c1. The minimum atomic E-state index is -0.951. The molecule has 0 aromatic heterocycles. The molecule has 100 valence electrons. The van der Waals surface area contributed by atoms with Crippen LogP contribution in [0, 0.1) is 18.3 Å². The number of benzene rings is 2. The van der Waals surface area contributed by atoms with Crippen LogP contribution in [0.25, 0.3) is 0 Å². The lowest BCUT2D eigenvalue weighted by Crippen LogP contribution is -2.11. The van der Waals surface area contributed by atoms with Gasteiger partial charge in [-0.15, -0.1) is 0 Å². The lowest BCUT2D eigenvalue weighted by atomic mass is 10.1.